The van der Waals surface area contributed by atoms with Gasteiger partial charge in [0.05, 0.1) is 5.69 Å². The second kappa shape index (κ2) is 5.41. The van der Waals surface area contributed by atoms with Gasteiger partial charge in [-0.2, -0.15) is 8.78 Å². The minimum Gasteiger partial charge on any atom is -0.479 e. The number of nitrogens with one attached hydrogen (secondary N) is 1. The Morgan fingerprint density at radius 1 is 1.47 bits per heavy atom. The van der Waals surface area contributed by atoms with E-state index in [0.29, 0.717) is 0 Å². The first-order valence-electron chi connectivity index (χ1n) is 4.42. The monoisotopic (exact) mass is 248 g/mol. The Morgan fingerprint density at radius 2 is 2.12 bits per heavy atom. The highest BCUT2D eigenvalue weighted by Gasteiger charge is 2.22. The number of nitrogens with two attached hydrogens (primary N) is 1. The Bertz CT molecular complexity index is 414. The summed E-state index contributed by atoms with van der Waals surface area (Å²) in [5.74, 6) is 3.04. The highest BCUT2D eigenvalue weighted by atomic mass is 19.3. The number of carboxylic acid groups (broad SMARTS) is 1. The van der Waals surface area contributed by atoms with E-state index >= 15 is 0 Å². The minimum absolute atomic E-state index is 0.238. The Morgan fingerprint density at radius 3 is 2.59 bits per heavy atom. The molecule has 0 heterocycles. The molecular weight excluding hydrogens is 238 g/mol. The van der Waals surface area contributed by atoms with Crippen molar-refractivity contribution >= 4 is 11.7 Å². The number of ether oxygens (including phenoxy) is 1. The van der Waals surface area contributed by atoms with E-state index in [2.05, 4.69) is 10.2 Å². The van der Waals surface area contributed by atoms with Gasteiger partial charge in [-0.1, -0.05) is 6.07 Å². The molecule has 0 aliphatic rings. The van der Waals surface area contributed by atoms with E-state index < -0.39 is 24.4 Å². The van der Waals surface area contributed by atoms with E-state index in [1.54, 1.807) is 0 Å². The fraction of sp³-hybridized carbons (Fsp3) is 0.222. The number of anilines is 1. The number of carbonyl (C=O) groups is 1. The first kappa shape index (κ1) is 13.1. The van der Waals surface area contributed by atoms with Gasteiger partial charge in [-0.05, 0) is 6.07 Å². The van der Waals surface area contributed by atoms with Crippen molar-refractivity contribution in [3.05, 3.63) is 23.8 Å². The molecule has 1 rings (SSSR count). The smallest absolute Gasteiger partial charge is 0.387 e. The summed E-state index contributed by atoms with van der Waals surface area (Å²) in [5.41, 5.74) is 2.14. The van der Waals surface area contributed by atoms with Gasteiger partial charge in [0.1, 0.15) is 5.75 Å². The number of rotatable bonds is 5. The molecule has 0 aliphatic carbocycles. The van der Waals surface area contributed by atoms with Gasteiger partial charge >= 0.3 is 12.6 Å². The molecule has 94 valence electrons. The van der Waals surface area contributed by atoms with E-state index in [0.717, 1.165) is 12.1 Å². The lowest BCUT2D eigenvalue weighted by atomic mass is 10.1. The number of alkyl halides is 2. The van der Waals surface area contributed by atoms with Gasteiger partial charge in [-0.15, -0.1) is 0 Å². The number of benzene rings is 1. The van der Waals surface area contributed by atoms with Crippen molar-refractivity contribution in [2.75, 3.05) is 5.43 Å². The number of hydrazine groups is 1. The maximum Gasteiger partial charge on any atom is 0.387 e. The molecule has 0 saturated carbocycles. The molecule has 17 heavy (non-hydrogen) atoms. The second-order valence-electron chi connectivity index (χ2n) is 3.02. The van der Waals surface area contributed by atoms with Crippen LogP contribution in [0.4, 0.5) is 14.5 Å². The zero-order chi connectivity index (χ0) is 13.0. The van der Waals surface area contributed by atoms with E-state index in [9.17, 15) is 18.7 Å². The quantitative estimate of drug-likeness (QED) is 0.451. The van der Waals surface area contributed by atoms with Gasteiger partial charge in [0.2, 0.25) is 0 Å². The highest BCUT2D eigenvalue weighted by Crippen LogP contribution is 2.29. The molecule has 0 amide bonds. The molecule has 6 nitrogen and oxygen atoms in total. The normalized spacial score (nSPS) is 12.3. The minimum atomic E-state index is -3.14. The number of carboxylic acids is 1. The molecule has 5 N–H and O–H groups in total. The zero-order valence-corrected chi connectivity index (χ0v) is 8.43. The first-order valence-corrected chi connectivity index (χ1v) is 4.42. The van der Waals surface area contributed by atoms with Gasteiger partial charge in [-0.25, -0.2) is 4.79 Å². The molecule has 0 fully saturated rings. The van der Waals surface area contributed by atoms with Crippen LogP contribution in [0.2, 0.25) is 0 Å². The summed E-state index contributed by atoms with van der Waals surface area (Å²) >= 11 is 0. The predicted octanol–water partition coefficient (Wildman–Crippen LogP) is 0.692. The molecule has 0 radical (unpaired) electrons. The van der Waals surface area contributed by atoms with E-state index in [1.807, 2.05) is 0 Å². The Hall–Kier alpha value is -1.93. The molecule has 0 saturated heterocycles. The fourth-order valence-corrected chi connectivity index (χ4v) is 1.18. The lowest BCUT2D eigenvalue weighted by Gasteiger charge is -2.14. The number of nitrogen functional groups attached to an aromatic ring is 1. The van der Waals surface area contributed by atoms with Gasteiger partial charge in [0.25, 0.3) is 0 Å². The van der Waals surface area contributed by atoms with Gasteiger partial charge in [-0.3, -0.25) is 5.84 Å². The van der Waals surface area contributed by atoms with Crippen molar-refractivity contribution in [1.82, 2.24) is 0 Å². The number of hydrogen-bond donors (Lipinski definition) is 4. The Kier molecular flexibility index (Phi) is 4.18. The summed E-state index contributed by atoms with van der Waals surface area (Å²) < 4.78 is 28.3. The SMILES string of the molecule is NNc1ccc(C(O)C(=O)O)c(OC(F)F)c1. The Balaban J connectivity index is 3.14. The Labute approximate surface area is 94.6 Å². The number of hydrogen-bond acceptors (Lipinski definition) is 5. The molecule has 1 atom stereocenters. The topological polar surface area (TPSA) is 105 Å². The molecule has 0 bridgehead atoms. The summed E-state index contributed by atoms with van der Waals surface area (Å²) in [6.07, 6.45) is -1.95. The van der Waals surface area contributed by atoms with Gasteiger partial charge in [0.15, 0.2) is 6.10 Å². The van der Waals surface area contributed by atoms with Gasteiger partial charge in [0, 0.05) is 11.6 Å². The molecule has 1 aromatic rings. The third-order valence-corrected chi connectivity index (χ3v) is 1.92. The number of aliphatic carboxylic acids is 1. The van der Waals surface area contributed by atoms with Crippen molar-refractivity contribution in [3.8, 4) is 5.75 Å². The van der Waals surface area contributed by atoms with Gasteiger partial charge < -0.3 is 20.4 Å². The average molecular weight is 248 g/mol. The lowest BCUT2D eigenvalue weighted by molar-refractivity contribution is -0.147. The van der Waals surface area contributed by atoms with E-state index in [4.69, 9.17) is 10.9 Å². The van der Waals surface area contributed by atoms with Crippen LogP contribution in [0.5, 0.6) is 5.75 Å². The number of aliphatic hydroxyl groups excluding tert-OH is 1. The van der Waals surface area contributed by atoms with Crippen LogP contribution in [0.1, 0.15) is 11.7 Å². The summed E-state index contributed by atoms with van der Waals surface area (Å²) in [7, 11) is 0. The molecule has 0 spiro atoms. The van der Waals surface area contributed by atoms with E-state index in [-0.39, 0.29) is 11.3 Å². The summed E-state index contributed by atoms with van der Waals surface area (Å²) in [4.78, 5) is 10.6. The van der Waals surface area contributed by atoms with Crippen LogP contribution < -0.4 is 16.0 Å². The zero-order valence-electron chi connectivity index (χ0n) is 8.43. The van der Waals surface area contributed by atoms with Crippen LogP contribution >= 0.6 is 0 Å². The van der Waals surface area contributed by atoms with Crippen molar-refractivity contribution in [3.63, 3.8) is 0 Å². The van der Waals surface area contributed by atoms with Crippen LogP contribution in [0.3, 0.4) is 0 Å². The van der Waals surface area contributed by atoms with Crippen LogP contribution in [0, 0.1) is 0 Å². The largest absolute Gasteiger partial charge is 0.479 e. The maximum atomic E-state index is 12.1. The number of halogens is 2. The molecule has 0 aromatic heterocycles. The standard InChI is InChI=1S/C9H10F2N2O4/c10-9(11)17-6-3-4(13-12)1-2-5(6)7(14)8(15)16/h1-3,7,9,13-14H,12H2,(H,15,16). The predicted molar refractivity (Wildman–Crippen MR) is 53.5 cm³/mol. The molecule has 1 unspecified atom stereocenters. The third kappa shape index (κ3) is 3.26. The fourth-order valence-electron chi connectivity index (χ4n) is 1.18. The highest BCUT2D eigenvalue weighted by molar-refractivity contribution is 5.75. The summed E-state index contributed by atoms with van der Waals surface area (Å²) in [5, 5.41) is 17.9. The maximum absolute atomic E-state index is 12.1. The number of aliphatic hydroxyl groups is 1. The van der Waals surface area contributed by atoms with Crippen LogP contribution in [-0.2, 0) is 4.79 Å². The van der Waals surface area contributed by atoms with Crippen LogP contribution in [-0.4, -0.2) is 22.8 Å². The molecule has 1 aromatic carbocycles. The third-order valence-electron chi connectivity index (χ3n) is 1.92. The van der Waals surface area contributed by atoms with Crippen molar-refractivity contribution < 1.29 is 28.5 Å². The first-order chi connectivity index (χ1) is 7.95. The average Bonchev–Trinajstić information content (AvgIpc) is 2.27. The molecular formula is C9H10F2N2O4. The van der Waals surface area contributed by atoms with Crippen molar-refractivity contribution in [2.45, 2.75) is 12.7 Å². The lowest BCUT2D eigenvalue weighted by Crippen LogP contribution is -2.14. The summed E-state index contributed by atoms with van der Waals surface area (Å²) in [6, 6.07) is 3.51. The van der Waals surface area contributed by atoms with Crippen LogP contribution in [0.15, 0.2) is 18.2 Å². The van der Waals surface area contributed by atoms with E-state index in [1.165, 1.54) is 6.07 Å². The van der Waals surface area contributed by atoms with Crippen molar-refractivity contribution in [2.24, 2.45) is 5.84 Å². The van der Waals surface area contributed by atoms with Crippen LogP contribution in [0.25, 0.3) is 0 Å². The second-order valence-corrected chi connectivity index (χ2v) is 3.02. The summed E-state index contributed by atoms with van der Waals surface area (Å²) in [6.45, 7) is -3.14. The molecule has 8 heteroatoms. The van der Waals surface area contributed by atoms with Crippen molar-refractivity contribution in [1.29, 1.82) is 0 Å². The molecule has 0 aliphatic heterocycles.